The fourth-order valence-corrected chi connectivity index (χ4v) is 2.49. The predicted molar refractivity (Wildman–Crippen MR) is 44.8 cm³/mol. The summed E-state index contributed by atoms with van der Waals surface area (Å²) >= 11 is 0. The van der Waals surface area contributed by atoms with Crippen LogP contribution in [0.15, 0.2) is 0 Å². The fourth-order valence-electron chi connectivity index (χ4n) is 2.49. The van der Waals surface area contributed by atoms with Gasteiger partial charge < -0.3 is 15.5 Å². The minimum absolute atomic E-state index is 0.0440. The Hall–Kier alpha value is -0.160. The molecule has 2 fully saturated rings. The molecule has 4 nitrogen and oxygen atoms in total. The van der Waals surface area contributed by atoms with Crippen molar-refractivity contribution in [2.45, 2.75) is 30.7 Å². The molecule has 0 amide bonds. The molecule has 12 heavy (non-hydrogen) atoms. The van der Waals surface area contributed by atoms with Crippen LogP contribution < -0.4 is 5.32 Å². The highest BCUT2D eigenvalue weighted by Crippen LogP contribution is 2.28. The van der Waals surface area contributed by atoms with Gasteiger partial charge >= 0.3 is 0 Å². The maximum atomic E-state index is 9.63. The lowest BCUT2D eigenvalue weighted by atomic mass is 10.0. The average molecular weight is 172 g/mol. The van der Waals surface area contributed by atoms with E-state index in [0.717, 1.165) is 13.0 Å². The summed E-state index contributed by atoms with van der Waals surface area (Å²) < 4.78 is 0. The van der Waals surface area contributed by atoms with E-state index in [1.165, 1.54) is 0 Å². The molecule has 2 saturated heterocycles. The zero-order valence-corrected chi connectivity index (χ0v) is 7.27. The zero-order valence-electron chi connectivity index (χ0n) is 7.27. The first-order valence-electron chi connectivity index (χ1n) is 4.51. The van der Waals surface area contributed by atoms with E-state index in [9.17, 15) is 10.2 Å². The SMILES string of the molecule is CN[C@H]1C(O)CN2CCC(O)C12. The molecule has 0 bridgehead atoms. The molecule has 2 rings (SSSR count). The highest BCUT2D eigenvalue weighted by molar-refractivity contribution is 5.04. The fraction of sp³-hybridized carbons (Fsp3) is 1.00. The average Bonchev–Trinajstić information content (AvgIpc) is 2.52. The number of aliphatic hydroxyl groups is 2. The molecular weight excluding hydrogens is 156 g/mol. The van der Waals surface area contributed by atoms with Crippen LogP contribution >= 0.6 is 0 Å². The summed E-state index contributed by atoms with van der Waals surface area (Å²) in [5.74, 6) is 0. The Morgan fingerprint density at radius 1 is 1.33 bits per heavy atom. The third-order valence-electron chi connectivity index (χ3n) is 3.07. The van der Waals surface area contributed by atoms with Crippen LogP contribution in [-0.2, 0) is 0 Å². The van der Waals surface area contributed by atoms with E-state index in [0.29, 0.717) is 6.54 Å². The Bertz CT molecular complexity index is 176. The predicted octanol–water partition coefficient (Wildman–Crippen LogP) is -1.62. The van der Waals surface area contributed by atoms with Crippen LogP contribution in [0, 0.1) is 0 Å². The van der Waals surface area contributed by atoms with Gasteiger partial charge in [-0.1, -0.05) is 0 Å². The number of aliphatic hydroxyl groups excluding tert-OH is 2. The molecule has 2 aliphatic heterocycles. The summed E-state index contributed by atoms with van der Waals surface area (Å²) in [7, 11) is 1.84. The largest absolute Gasteiger partial charge is 0.391 e. The highest BCUT2D eigenvalue weighted by atomic mass is 16.3. The molecule has 0 aliphatic carbocycles. The lowest BCUT2D eigenvalue weighted by Gasteiger charge is -2.23. The Kier molecular flexibility index (Phi) is 2.08. The van der Waals surface area contributed by atoms with Gasteiger partial charge in [0.2, 0.25) is 0 Å². The van der Waals surface area contributed by atoms with E-state index in [-0.39, 0.29) is 24.3 Å². The van der Waals surface area contributed by atoms with Crippen molar-refractivity contribution in [3.05, 3.63) is 0 Å². The van der Waals surface area contributed by atoms with E-state index in [1.807, 2.05) is 7.05 Å². The third-order valence-corrected chi connectivity index (χ3v) is 3.07. The van der Waals surface area contributed by atoms with E-state index in [1.54, 1.807) is 0 Å². The second kappa shape index (κ2) is 2.96. The second-order valence-corrected chi connectivity index (χ2v) is 3.72. The number of rotatable bonds is 1. The summed E-state index contributed by atoms with van der Waals surface area (Å²) in [5, 5.41) is 22.3. The Morgan fingerprint density at radius 2 is 2.08 bits per heavy atom. The molecule has 0 aromatic carbocycles. The first-order valence-corrected chi connectivity index (χ1v) is 4.51. The molecule has 0 saturated carbocycles. The van der Waals surface area contributed by atoms with Crippen LogP contribution in [-0.4, -0.2) is 59.5 Å². The molecule has 0 spiro atoms. The quantitative estimate of drug-likeness (QED) is 0.445. The molecule has 0 aromatic heterocycles. The summed E-state index contributed by atoms with van der Waals surface area (Å²) in [6.45, 7) is 1.62. The number of fused-ring (bicyclic) bond motifs is 1. The minimum Gasteiger partial charge on any atom is -0.391 e. The molecule has 0 radical (unpaired) electrons. The van der Waals surface area contributed by atoms with Gasteiger partial charge in [0.1, 0.15) is 0 Å². The van der Waals surface area contributed by atoms with Gasteiger partial charge in [0.05, 0.1) is 24.3 Å². The van der Waals surface area contributed by atoms with Crippen LogP contribution in [0.2, 0.25) is 0 Å². The first kappa shape index (κ1) is 8.44. The molecular formula is C8H16N2O2. The Balaban J connectivity index is 2.12. The van der Waals surface area contributed by atoms with E-state index in [4.69, 9.17) is 0 Å². The van der Waals surface area contributed by atoms with Crippen molar-refractivity contribution < 1.29 is 10.2 Å². The molecule has 2 heterocycles. The molecule has 70 valence electrons. The molecule has 3 unspecified atom stereocenters. The maximum absolute atomic E-state index is 9.63. The van der Waals surface area contributed by atoms with Gasteiger partial charge in [-0.25, -0.2) is 0 Å². The van der Waals surface area contributed by atoms with Crippen molar-refractivity contribution in [1.82, 2.24) is 10.2 Å². The van der Waals surface area contributed by atoms with Gasteiger partial charge in [0, 0.05) is 13.1 Å². The second-order valence-electron chi connectivity index (χ2n) is 3.72. The molecule has 4 atom stereocenters. The van der Waals surface area contributed by atoms with Crippen LogP contribution in [0.5, 0.6) is 0 Å². The first-order chi connectivity index (χ1) is 5.74. The smallest absolute Gasteiger partial charge is 0.0836 e. The summed E-state index contributed by atoms with van der Waals surface area (Å²) in [6, 6.07) is 0.174. The highest BCUT2D eigenvalue weighted by Gasteiger charge is 2.47. The van der Waals surface area contributed by atoms with Crippen molar-refractivity contribution in [1.29, 1.82) is 0 Å². The Labute approximate surface area is 72.2 Å². The van der Waals surface area contributed by atoms with Gasteiger partial charge in [-0.2, -0.15) is 0 Å². The Morgan fingerprint density at radius 3 is 2.75 bits per heavy atom. The van der Waals surface area contributed by atoms with Gasteiger partial charge in [-0.05, 0) is 13.5 Å². The number of nitrogens with one attached hydrogen (secondary N) is 1. The van der Waals surface area contributed by atoms with Gasteiger partial charge in [-0.15, -0.1) is 0 Å². The van der Waals surface area contributed by atoms with E-state index < -0.39 is 0 Å². The van der Waals surface area contributed by atoms with Crippen LogP contribution in [0.25, 0.3) is 0 Å². The molecule has 3 N–H and O–H groups in total. The number of likely N-dealkylation sites (N-methyl/N-ethyl adjacent to an activating group) is 1. The maximum Gasteiger partial charge on any atom is 0.0836 e. The standard InChI is InChI=1S/C8H16N2O2/c1-9-7-6(12)4-10-3-2-5(11)8(7)10/h5-9,11-12H,2-4H2,1H3/t5?,6?,7-,8?/m0/s1. The van der Waals surface area contributed by atoms with Crippen molar-refractivity contribution in [2.24, 2.45) is 0 Å². The van der Waals surface area contributed by atoms with Crippen molar-refractivity contribution in [3.63, 3.8) is 0 Å². The van der Waals surface area contributed by atoms with Gasteiger partial charge in [0.25, 0.3) is 0 Å². The number of nitrogens with zero attached hydrogens (tertiary/aromatic N) is 1. The zero-order chi connectivity index (χ0) is 8.72. The topological polar surface area (TPSA) is 55.7 Å². The monoisotopic (exact) mass is 172 g/mol. The van der Waals surface area contributed by atoms with E-state index >= 15 is 0 Å². The normalized spacial score (nSPS) is 48.2. The van der Waals surface area contributed by atoms with Crippen LogP contribution in [0.3, 0.4) is 0 Å². The van der Waals surface area contributed by atoms with Gasteiger partial charge in [0.15, 0.2) is 0 Å². The van der Waals surface area contributed by atoms with Crippen molar-refractivity contribution in [3.8, 4) is 0 Å². The third kappa shape index (κ3) is 1.07. The van der Waals surface area contributed by atoms with Crippen LogP contribution in [0.1, 0.15) is 6.42 Å². The van der Waals surface area contributed by atoms with E-state index in [2.05, 4.69) is 10.2 Å². The van der Waals surface area contributed by atoms with Crippen molar-refractivity contribution >= 4 is 0 Å². The molecule has 4 heteroatoms. The molecule has 0 aromatic rings. The van der Waals surface area contributed by atoms with Gasteiger partial charge in [-0.3, -0.25) is 4.90 Å². The number of hydrogen-bond acceptors (Lipinski definition) is 4. The molecule has 2 aliphatic rings. The number of hydrogen-bond donors (Lipinski definition) is 3. The summed E-state index contributed by atoms with van der Waals surface area (Å²) in [5.41, 5.74) is 0. The summed E-state index contributed by atoms with van der Waals surface area (Å²) in [6.07, 6.45) is 0.254. The van der Waals surface area contributed by atoms with Crippen LogP contribution in [0.4, 0.5) is 0 Å². The minimum atomic E-state index is -0.324. The lowest BCUT2D eigenvalue weighted by Crippen LogP contribution is -2.47. The van der Waals surface area contributed by atoms with Crippen molar-refractivity contribution in [2.75, 3.05) is 20.1 Å². The summed E-state index contributed by atoms with van der Waals surface area (Å²) in [4.78, 5) is 2.16. The lowest BCUT2D eigenvalue weighted by molar-refractivity contribution is 0.106.